The molecule has 20 nitrogen and oxygen atoms in total. The molecule has 0 saturated carbocycles. The number of hydrogen-bond acceptors (Lipinski definition) is 16. The summed E-state index contributed by atoms with van der Waals surface area (Å²) in [6, 6.07) is 93.0. The van der Waals surface area contributed by atoms with Crippen molar-refractivity contribution in [1.82, 2.24) is 80.7 Å². The fraction of sp³-hybridized carbons (Fsp3) is 0.146. The zero-order valence-corrected chi connectivity index (χ0v) is 78.9. The summed E-state index contributed by atoms with van der Waals surface area (Å²) in [6.45, 7) is 6.64. The molecule has 0 saturated heterocycles. The summed E-state index contributed by atoms with van der Waals surface area (Å²) in [6.07, 6.45) is -3.19. The fourth-order valence-corrected chi connectivity index (χ4v) is 11.0. The molecule has 0 spiro atoms. The second kappa shape index (κ2) is 55.4. The Morgan fingerprint density at radius 3 is 0.818 bits per heavy atom. The summed E-state index contributed by atoms with van der Waals surface area (Å²) < 4.78 is 169. The maximum absolute atomic E-state index is 12.2. The van der Waals surface area contributed by atoms with Gasteiger partial charge in [-0.2, -0.15) is 52.7 Å². The molecule has 132 heavy (non-hydrogen) atoms. The SMILES string of the molecule is CC(C)Oc1ccc[c-]c1-c1ccccn1.CCOc1ccc[c-]c1-c1ccccn1.COc1ccc[c-]c1-c1ccccn1.FC(F)(F)c1cc(Cc2ccccn2)[n-]n1.FC(F)(F)c1cc(Cc2ccccn2)[n-]n1.FC(F)(F)c1cc(Cc2ccccn2)[n-]n1.FC(F)(F)c1cc(Cc2ccccn2)[n-]n1.[Pt+2].[Pt+2].[Pt+2].[Pt+2].[c-]1cccc(Oc2ccccc2)c1-c1ccccn1. The van der Waals surface area contributed by atoms with Crippen LogP contribution in [0.4, 0.5) is 52.7 Å². The van der Waals surface area contributed by atoms with Gasteiger partial charge in [-0.1, -0.05) is 138 Å². The molecule has 17 rings (SSSR count). The van der Waals surface area contributed by atoms with Crippen LogP contribution in [-0.2, 0) is 135 Å². The third-order valence-corrected chi connectivity index (χ3v) is 16.7. The Hall–Kier alpha value is -12.7. The van der Waals surface area contributed by atoms with Gasteiger partial charge in [0.2, 0.25) is 0 Å². The zero-order valence-electron chi connectivity index (χ0n) is 69.8. The van der Waals surface area contributed by atoms with Crippen LogP contribution in [0.3, 0.4) is 0 Å². The average Bonchev–Trinajstić information content (AvgIpc) is 1.81. The van der Waals surface area contributed by atoms with Crippen LogP contribution in [0.15, 0.2) is 323 Å². The van der Waals surface area contributed by atoms with E-state index in [0.29, 0.717) is 29.4 Å². The van der Waals surface area contributed by atoms with E-state index in [0.717, 1.165) is 98.0 Å². The number of methoxy groups -OCH3 is 1. The monoisotopic (exact) mass is 2520 g/mol. The molecule has 17 aromatic rings. The first kappa shape index (κ1) is 108. The van der Waals surface area contributed by atoms with Crippen molar-refractivity contribution in [1.29, 1.82) is 0 Å². The van der Waals surface area contributed by atoms with Gasteiger partial charge >= 0.3 is 109 Å². The van der Waals surface area contributed by atoms with Crippen molar-refractivity contribution >= 4 is 0 Å². The summed E-state index contributed by atoms with van der Waals surface area (Å²) in [5.74, 6) is 4.02. The molecule has 36 heteroatoms. The maximum Gasteiger partial charge on any atom is 2.00 e. The third kappa shape index (κ3) is 36.5. The number of alkyl halides is 12. The Morgan fingerprint density at radius 2 is 0.561 bits per heavy atom. The molecule has 0 atom stereocenters. The van der Waals surface area contributed by atoms with Gasteiger partial charge in [0.25, 0.3) is 0 Å². The number of halogens is 12. The third-order valence-electron chi connectivity index (χ3n) is 16.7. The molecule has 0 bridgehead atoms. The number of pyridine rings is 8. The van der Waals surface area contributed by atoms with E-state index in [9.17, 15) is 52.7 Å². The Morgan fingerprint density at radius 1 is 0.303 bits per heavy atom. The average molecular weight is 2530 g/mol. The molecule has 688 valence electrons. The number of rotatable bonds is 19. The van der Waals surface area contributed by atoms with Crippen molar-refractivity contribution in [2.24, 2.45) is 0 Å². The van der Waals surface area contributed by atoms with Gasteiger partial charge in [0.05, 0.1) is 19.8 Å². The summed E-state index contributed by atoms with van der Waals surface area (Å²) in [4.78, 5) is 33.2. The minimum atomic E-state index is -4.44. The number of aromatic nitrogens is 16. The van der Waals surface area contributed by atoms with Gasteiger partial charge in [0.15, 0.2) is 0 Å². The molecule has 0 aliphatic heterocycles. The van der Waals surface area contributed by atoms with Crippen molar-refractivity contribution in [2.75, 3.05) is 13.7 Å². The molecule has 0 amide bonds. The Kier molecular flexibility index (Phi) is 45.4. The first-order chi connectivity index (χ1) is 61.8. The van der Waals surface area contributed by atoms with Gasteiger partial charge in [0, 0.05) is 95.3 Å². The van der Waals surface area contributed by atoms with Crippen LogP contribution in [-0.4, -0.2) is 80.1 Å². The predicted octanol–water partition coefficient (Wildman–Crippen LogP) is 21.3. The van der Waals surface area contributed by atoms with Crippen molar-refractivity contribution in [3.05, 3.63) is 415 Å². The van der Waals surface area contributed by atoms with Gasteiger partial charge in [-0.15, -0.1) is 120 Å². The summed E-state index contributed by atoms with van der Waals surface area (Å²) in [5, 5.41) is 26.2. The van der Waals surface area contributed by atoms with E-state index < -0.39 is 47.5 Å². The molecule has 0 radical (unpaired) electrons. The molecule has 0 N–H and O–H groups in total. The molecule has 12 heterocycles. The van der Waals surface area contributed by atoms with Crippen LogP contribution in [0.2, 0.25) is 0 Å². The van der Waals surface area contributed by atoms with Crippen molar-refractivity contribution in [2.45, 2.75) is 77.3 Å². The van der Waals surface area contributed by atoms with Gasteiger partial charge in [-0.25, -0.2) is 0 Å². The standard InChI is InChI=1S/C17H12NO.C14H14NO.C13H12NO.C12H10NO.4C10H7F3N3.4Pt/c1-2-8-14(9-3-1)19-17-12-5-4-10-15(17)16-11-6-7-13-18-16;1-11(2)16-14-9-4-3-7-12(14)13-8-5-6-10-15-13;1-2-15-13-9-4-3-7-11(13)12-8-5-6-10-14-12;1-14-12-8-3-2-6-10(12)11-7-4-5-9-13-11;4*11-10(12,13)9-6-8(15-16-9)5-7-3-1-2-4-14-7;;;;/h1-9,11-13H;3-6,8-11H,1-2H3;3-6,8-10H,2H2,1H3;2-5,7-9H,1H3;4*1-4,6H,5H2;;;;/q8*-1;4*+2. The molecule has 0 unspecified atom stereocenters. The number of benzene rings is 5. The fourth-order valence-electron chi connectivity index (χ4n) is 11.0. The van der Waals surface area contributed by atoms with Gasteiger partial charge in [-0.05, 0) is 154 Å². The smallest absolute Gasteiger partial charge is 0.578 e. The zero-order chi connectivity index (χ0) is 91.0. The number of hydrogen-bond donors (Lipinski definition) is 0. The van der Waals surface area contributed by atoms with E-state index in [1.807, 2.05) is 197 Å². The van der Waals surface area contributed by atoms with E-state index in [-0.39, 0.29) is 139 Å². The largest absolute Gasteiger partial charge is 2.00 e. The van der Waals surface area contributed by atoms with Crippen LogP contribution < -0.4 is 39.3 Å². The summed E-state index contributed by atoms with van der Waals surface area (Å²) in [7, 11) is 1.65. The van der Waals surface area contributed by atoms with Crippen LogP contribution in [0.25, 0.3) is 45.0 Å². The molecular formula is C96H76F12N16O4Pt4. The van der Waals surface area contributed by atoms with E-state index in [2.05, 4.69) is 105 Å². The Balaban J connectivity index is 0.000000231. The number of nitrogens with zero attached hydrogens (tertiary/aromatic N) is 16. The molecular weight excluding hydrogens is 2450 g/mol. The van der Waals surface area contributed by atoms with E-state index in [4.69, 9.17) is 18.9 Å². The molecule has 0 aliphatic carbocycles. The van der Waals surface area contributed by atoms with E-state index in [1.165, 1.54) is 0 Å². The van der Waals surface area contributed by atoms with Crippen LogP contribution in [0.5, 0.6) is 28.7 Å². The topological polar surface area (TPSA) is 248 Å². The van der Waals surface area contributed by atoms with E-state index in [1.54, 1.807) is 129 Å². The van der Waals surface area contributed by atoms with Crippen molar-refractivity contribution < 1.29 is 156 Å². The van der Waals surface area contributed by atoms with Gasteiger partial charge in [0.1, 0.15) is 28.5 Å². The second-order valence-electron chi connectivity index (χ2n) is 26.6. The Labute approximate surface area is 810 Å². The number of para-hydroxylation sites is 1. The quantitative estimate of drug-likeness (QED) is 0.0539. The van der Waals surface area contributed by atoms with Crippen molar-refractivity contribution in [3.63, 3.8) is 0 Å². The number of ether oxygens (including phenoxy) is 4. The second-order valence-corrected chi connectivity index (χ2v) is 26.6. The first-order valence-electron chi connectivity index (χ1n) is 38.9. The van der Waals surface area contributed by atoms with Crippen LogP contribution in [0.1, 0.15) is 89.1 Å². The Bertz CT molecular complexity index is 5680. The van der Waals surface area contributed by atoms with Crippen LogP contribution in [0, 0.1) is 24.3 Å². The normalized spacial score (nSPS) is 10.6. The predicted molar refractivity (Wildman–Crippen MR) is 452 cm³/mol. The van der Waals surface area contributed by atoms with E-state index >= 15 is 0 Å². The van der Waals surface area contributed by atoms with Crippen molar-refractivity contribution in [3.8, 4) is 73.8 Å². The molecule has 0 aliphatic rings. The molecule has 5 aromatic carbocycles. The molecule has 0 fully saturated rings. The minimum Gasteiger partial charge on any atom is -0.578 e. The molecule has 12 aromatic heterocycles. The summed E-state index contributed by atoms with van der Waals surface area (Å²) >= 11 is 0. The first-order valence-corrected chi connectivity index (χ1v) is 38.9. The summed E-state index contributed by atoms with van der Waals surface area (Å²) in [5.41, 5.74) is 7.00. The van der Waals surface area contributed by atoms with Gasteiger partial charge < -0.3 is 79.7 Å². The van der Waals surface area contributed by atoms with Crippen LogP contribution >= 0.6 is 0 Å². The minimum absolute atomic E-state index is 0. The maximum atomic E-state index is 12.2. The van der Waals surface area contributed by atoms with Gasteiger partial charge in [-0.3, -0.25) is 19.9 Å².